The van der Waals surface area contributed by atoms with Crippen molar-refractivity contribution >= 4 is 11.6 Å². The van der Waals surface area contributed by atoms with Crippen molar-refractivity contribution < 1.29 is 9.47 Å². The highest BCUT2D eigenvalue weighted by Gasteiger charge is 2.68. The fourth-order valence-corrected chi connectivity index (χ4v) is 4.69. The predicted molar refractivity (Wildman–Crippen MR) is 90.9 cm³/mol. The lowest BCUT2D eigenvalue weighted by Gasteiger charge is -2.57. The average molecular weight is 348 g/mol. The summed E-state index contributed by atoms with van der Waals surface area (Å²) in [7, 11) is 1.78. The number of nitrogens with zero attached hydrogens (tertiary/aromatic N) is 3. The van der Waals surface area contributed by atoms with Crippen molar-refractivity contribution in [2.45, 2.75) is 31.4 Å². The number of hydrogen-bond donors (Lipinski definition) is 0. The van der Waals surface area contributed by atoms with Crippen LogP contribution in [0.3, 0.4) is 0 Å². The van der Waals surface area contributed by atoms with Crippen molar-refractivity contribution in [1.82, 2.24) is 14.8 Å². The van der Waals surface area contributed by atoms with Gasteiger partial charge in [-0.05, 0) is 42.9 Å². The summed E-state index contributed by atoms with van der Waals surface area (Å²) in [6.07, 6.45) is 6.61. The van der Waals surface area contributed by atoms with Crippen LogP contribution >= 0.6 is 11.6 Å². The smallest absolute Gasteiger partial charge is 0.137 e. The molecule has 0 N–H and O–H groups in total. The van der Waals surface area contributed by atoms with Gasteiger partial charge in [0.05, 0.1) is 19.8 Å². The van der Waals surface area contributed by atoms with E-state index < -0.39 is 0 Å². The summed E-state index contributed by atoms with van der Waals surface area (Å²) in [5.41, 5.74) is 1.16. The molecular formula is C18H22ClN3O2. The highest BCUT2D eigenvalue weighted by Crippen LogP contribution is 2.61. The lowest BCUT2D eigenvalue weighted by molar-refractivity contribution is -0.288. The van der Waals surface area contributed by atoms with Gasteiger partial charge >= 0.3 is 0 Å². The second-order valence-corrected chi connectivity index (χ2v) is 7.49. The van der Waals surface area contributed by atoms with Crippen LogP contribution in [0.4, 0.5) is 0 Å². The number of fused-ring (bicyclic) bond motifs is 1. The molecule has 3 unspecified atom stereocenters. The van der Waals surface area contributed by atoms with Crippen LogP contribution < -0.4 is 0 Å². The number of methoxy groups -OCH3 is 1. The van der Waals surface area contributed by atoms with E-state index in [9.17, 15) is 0 Å². The first-order valence-electron chi connectivity index (χ1n) is 8.37. The molecule has 5 nitrogen and oxygen atoms in total. The van der Waals surface area contributed by atoms with E-state index >= 15 is 0 Å². The molecule has 0 amide bonds. The third-order valence-corrected chi connectivity index (χ3v) is 6.07. The molecule has 0 radical (unpaired) electrons. The van der Waals surface area contributed by atoms with Crippen LogP contribution in [0.1, 0.15) is 18.4 Å². The number of benzene rings is 1. The first-order chi connectivity index (χ1) is 11.7. The normalized spacial score (nSPS) is 31.7. The number of hydrogen-bond acceptors (Lipinski definition) is 4. The quantitative estimate of drug-likeness (QED) is 0.806. The molecule has 2 aromatic rings. The Hall–Kier alpha value is -1.43. The molecule has 1 aromatic heterocycles. The fraction of sp³-hybridized carbons (Fsp3) is 0.556. The van der Waals surface area contributed by atoms with Crippen LogP contribution in [-0.4, -0.2) is 40.7 Å². The monoisotopic (exact) mass is 347 g/mol. The lowest BCUT2D eigenvalue weighted by atomic mass is 9.66. The highest BCUT2D eigenvalue weighted by molar-refractivity contribution is 6.30. The molecule has 2 aliphatic rings. The van der Waals surface area contributed by atoms with Crippen LogP contribution in [0.2, 0.25) is 5.02 Å². The first-order valence-corrected chi connectivity index (χ1v) is 8.75. The molecule has 0 bridgehead atoms. The molecule has 1 saturated carbocycles. The average Bonchev–Trinajstić information content (AvgIpc) is 3.14. The van der Waals surface area contributed by atoms with Gasteiger partial charge in [-0.2, -0.15) is 5.10 Å². The van der Waals surface area contributed by atoms with Crippen molar-refractivity contribution in [3.63, 3.8) is 0 Å². The third kappa shape index (κ3) is 2.46. The Bertz CT molecular complexity index is 691. The zero-order valence-electron chi connectivity index (χ0n) is 13.8. The van der Waals surface area contributed by atoms with Gasteiger partial charge < -0.3 is 9.47 Å². The highest BCUT2D eigenvalue weighted by atomic mass is 35.5. The van der Waals surface area contributed by atoms with Crippen molar-refractivity contribution in [1.29, 1.82) is 0 Å². The molecule has 128 valence electrons. The van der Waals surface area contributed by atoms with E-state index in [0.29, 0.717) is 5.92 Å². The summed E-state index contributed by atoms with van der Waals surface area (Å²) < 4.78 is 13.7. The van der Waals surface area contributed by atoms with Gasteiger partial charge in [-0.15, -0.1) is 0 Å². The number of aromatic nitrogens is 3. The molecule has 2 heterocycles. The van der Waals surface area contributed by atoms with Crippen LogP contribution in [0, 0.1) is 11.3 Å². The van der Waals surface area contributed by atoms with E-state index in [-0.39, 0.29) is 11.0 Å². The second-order valence-electron chi connectivity index (χ2n) is 7.05. The molecule has 6 heteroatoms. The van der Waals surface area contributed by atoms with E-state index in [1.54, 1.807) is 19.8 Å². The minimum atomic E-state index is -0.226. The van der Waals surface area contributed by atoms with Gasteiger partial charge in [0.15, 0.2) is 0 Å². The SMILES string of the molecule is COCC12CCC(Cc3ccc(Cl)cc3)C1(Cn1cncn1)OC2. The molecule has 2 fully saturated rings. The molecule has 3 atom stereocenters. The zero-order chi connectivity index (χ0) is 16.6. The topological polar surface area (TPSA) is 49.2 Å². The summed E-state index contributed by atoms with van der Waals surface area (Å²) in [6, 6.07) is 8.14. The van der Waals surface area contributed by atoms with Crippen LogP contribution in [0.15, 0.2) is 36.9 Å². The van der Waals surface area contributed by atoms with Crippen molar-refractivity contribution in [3.05, 3.63) is 47.5 Å². The van der Waals surface area contributed by atoms with E-state index in [1.807, 2.05) is 16.8 Å². The molecule has 1 aromatic carbocycles. The van der Waals surface area contributed by atoms with E-state index in [0.717, 1.165) is 44.0 Å². The van der Waals surface area contributed by atoms with Gasteiger partial charge in [0.25, 0.3) is 0 Å². The molecule has 1 saturated heterocycles. The molecular weight excluding hydrogens is 326 g/mol. The Morgan fingerprint density at radius 3 is 2.83 bits per heavy atom. The Morgan fingerprint density at radius 1 is 1.38 bits per heavy atom. The minimum absolute atomic E-state index is 0.0881. The molecule has 4 rings (SSSR count). The lowest BCUT2D eigenvalue weighted by Crippen LogP contribution is -2.66. The van der Waals surface area contributed by atoms with E-state index in [1.165, 1.54) is 5.56 Å². The summed E-state index contributed by atoms with van der Waals surface area (Å²) in [6.45, 7) is 2.24. The van der Waals surface area contributed by atoms with Crippen LogP contribution in [0.25, 0.3) is 0 Å². The first kappa shape index (κ1) is 16.1. The van der Waals surface area contributed by atoms with Crippen molar-refractivity contribution in [2.75, 3.05) is 20.3 Å². The molecule has 1 aliphatic carbocycles. The van der Waals surface area contributed by atoms with Gasteiger partial charge in [-0.3, -0.25) is 4.68 Å². The minimum Gasteiger partial charge on any atom is -0.384 e. The van der Waals surface area contributed by atoms with Gasteiger partial charge in [0.2, 0.25) is 0 Å². The fourth-order valence-electron chi connectivity index (χ4n) is 4.56. The van der Waals surface area contributed by atoms with Gasteiger partial charge in [-0.25, -0.2) is 4.98 Å². The summed E-state index contributed by atoms with van der Waals surface area (Å²) >= 11 is 6.02. The maximum absolute atomic E-state index is 6.29. The van der Waals surface area contributed by atoms with Gasteiger partial charge in [0, 0.05) is 17.5 Å². The third-order valence-electron chi connectivity index (χ3n) is 5.81. The molecule has 1 aliphatic heterocycles. The standard InChI is InChI=1S/C18H22ClN3O2/c1-23-10-17-7-6-15(8-14-2-4-16(19)5-3-14)18(17,24-11-17)9-22-13-20-12-21-22/h2-5,12-13,15H,6-11H2,1H3. The van der Waals surface area contributed by atoms with Gasteiger partial charge in [0.1, 0.15) is 18.3 Å². The largest absolute Gasteiger partial charge is 0.384 e. The number of ether oxygens (including phenoxy) is 2. The maximum atomic E-state index is 6.29. The molecule has 0 spiro atoms. The van der Waals surface area contributed by atoms with Crippen molar-refractivity contribution in [2.24, 2.45) is 11.3 Å². The predicted octanol–water partition coefficient (Wildman–Crippen LogP) is 2.99. The molecule has 24 heavy (non-hydrogen) atoms. The Labute approximate surface area is 146 Å². The van der Waals surface area contributed by atoms with Crippen LogP contribution in [0.5, 0.6) is 0 Å². The van der Waals surface area contributed by atoms with E-state index in [4.69, 9.17) is 21.1 Å². The van der Waals surface area contributed by atoms with Crippen LogP contribution in [-0.2, 0) is 22.4 Å². The zero-order valence-corrected chi connectivity index (χ0v) is 14.6. The summed E-state index contributed by atoms with van der Waals surface area (Å²) in [5.74, 6) is 0.437. The van der Waals surface area contributed by atoms with Crippen molar-refractivity contribution in [3.8, 4) is 0 Å². The van der Waals surface area contributed by atoms with E-state index in [2.05, 4.69) is 22.2 Å². The Balaban J connectivity index is 1.62. The maximum Gasteiger partial charge on any atom is 0.137 e. The number of halogens is 1. The number of rotatable bonds is 6. The summed E-state index contributed by atoms with van der Waals surface area (Å²) in [5, 5.41) is 5.08. The Morgan fingerprint density at radius 2 is 2.21 bits per heavy atom. The second kappa shape index (κ2) is 6.14. The summed E-state index contributed by atoms with van der Waals surface area (Å²) in [4.78, 5) is 4.08. The van der Waals surface area contributed by atoms with Gasteiger partial charge in [-0.1, -0.05) is 23.7 Å². The Kier molecular flexibility index (Phi) is 4.11.